The molecule has 0 fully saturated rings. The standard InChI is InChI=1S/C15H23NO3/c1-3-5-10-18-11-12-19-15-9-7-6-8-13(15)14(4-2)16-17/h6-9,17H,3-5,10-12H2,1-2H3. The smallest absolute Gasteiger partial charge is 0.128 e. The largest absolute Gasteiger partial charge is 0.490 e. The van der Waals surface area contributed by atoms with Crippen LogP contribution in [-0.4, -0.2) is 30.7 Å². The van der Waals surface area contributed by atoms with Crippen molar-refractivity contribution < 1.29 is 14.7 Å². The van der Waals surface area contributed by atoms with Crippen molar-refractivity contribution in [2.24, 2.45) is 5.16 Å². The molecule has 106 valence electrons. The Morgan fingerprint density at radius 2 is 1.95 bits per heavy atom. The number of para-hydroxylation sites is 1. The van der Waals surface area contributed by atoms with E-state index in [0.29, 0.717) is 25.3 Å². The molecule has 1 rings (SSSR count). The van der Waals surface area contributed by atoms with E-state index in [1.807, 2.05) is 31.2 Å². The molecule has 0 aliphatic heterocycles. The van der Waals surface area contributed by atoms with Gasteiger partial charge in [0.15, 0.2) is 0 Å². The molecule has 19 heavy (non-hydrogen) atoms. The average molecular weight is 265 g/mol. The molecule has 4 nitrogen and oxygen atoms in total. The molecule has 4 heteroatoms. The van der Waals surface area contributed by atoms with Crippen molar-refractivity contribution >= 4 is 5.71 Å². The Morgan fingerprint density at radius 3 is 2.63 bits per heavy atom. The molecule has 0 aliphatic rings. The average Bonchev–Trinajstić information content (AvgIpc) is 2.45. The summed E-state index contributed by atoms with van der Waals surface area (Å²) in [6.07, 6.45) is 2.87. The van der Waals surface area contributed by atoms with Crippen LogP contribution in [0.4, 0.5) is 0 Å². The molecular formula is C15H23NO3. The Balaban J connectivity index is 2.49. The summed E-state index contributed by atoms with van der Waals surface area (Å²) in [7, 11) is 0. The summed E-state index contributed by atoms with van der Waals surface area (Å²) < 4.78 is 11.1. The molecule has 0 aromatic heterocycles. The molecule has 0 bridgehead atoms. The number of hydrogen-bond donors (Lipinski definition) is 1. The van der Waals surface area contributed by atoms with E-state index in [0.717, 1.165) is 30.8 Å². The topological polar surface area (TPSA) is 51.0 Å². The third-order valence-electron chi connectivity index (χ3n) is 2.78. The van der Waals surface area contributed by atoms with E-state index in [-0.39, 0.29) is 0 Å². The maximum Gasteiger partial charge on any atom is 0.128 e. The van der Waals surface area contributed by atoms with Crippen LogP contribution in [0.1, 0.15) is 38.7 Å². The zero-order valence-electron chi connectivity index (χ0n) is 11.8. The summed E-state index contributed by atoms with van der Waals surface area (Å²) in [6.45, 7) is 5.94. The monoisotopic (exact) mass is 265 g/mol. The number of rotatable bonds is 9. The SMILES string of the molecule is CCCCOCCOc1ccccc1C(CC)=NO. The number of ether oxygens (including phenoxy) is 2. The molecule has 0 saturated heterocycles. The fourth-order valence-corrected chi connectivity index (χ4v) is 1.70. The number of unbranched alkanes of at least 4 members (excludes halogenated alkanes) is 1. The maximum absolute atomic E-state index is 8.98. The van der Waals surface area contributed by atoms with Gasteiger partial charge >= 0.3 is 0 Å². The lowest BCUT2D eigenvalue weighted by atomic mass is 10.1. The minimum atomic E-state index is 0.503. The summed E-state index contributed by atoms with van der Waals surface area (Å²) in [6, 6.07) is 7.58. The molecule has 1 aromatic carbocycles. The third kappa shape index (κ3) is 5.30. The van der Waals surface area contributed by atoms with E-state index in [9.17, 15) is 0 Å². The molecule has 0 radical (unpaired) electrons. The summed E-state index contributed by atoms with van der Waals surface area (Å²) >= 11 is 0. The Labute approximate surface area is 115 Å². The molecule has 0 heterocycles. The van der Waals surface area contributed by atoms with Crippen LogP contribution < -0.4 is 4.74 Å². The van der Waals surface area contributed by atoms with Gasteiger partial charge in [-0.1, -0.05) is 37.6 Å². The van der Waals surface area contributed by atoms with Gasteiger partial charge in [-0.2, -0.15) is 0 Å². The van der Waals surface area contributed by atoms with E-state index < -0.39 is 0 Å². The summed E-state index contributed by atoms with van der Waals surface area (Å²) in [5.41, 5.74) is 1.46. The van der Waals surface area contributed by atoms with E-state index in [2.05, 4.69) is 12.1 Å². The molecule has 0 saturated carbocycles. The van der Waals surface area contributed by atoms with E-state index in [1.165, 1.54) is 0 Å². The summed E-state index contributed by atoms with van der Waals surface area (Å²) in [4.78, 5) is 0. The van der Waals surface area contributed by atoms with Crippen LogP contribution in [-0.2, 0) is 4.74 Å². The normalized spacial score (nSPS) is 11.6. The number of oxime groups is 1. The Hall–Kier alpha value is -1.55. The Morgan fingerprint density at radius 1 is 1.16 bits per heavy atom. The molecule has 0 atom stereocenters. The van der Waals surface area contributed by atoms with Crippen LogP contribution in [0.15, 0.2) is 29.4 Å². The highest BCUT2D eigenvalue weighted by molar-refractivity contribution is 6.02. The molecular weight excluding hydrogens is 242 g/mol. The van der Waals surface area contributed by atoms with Gasteiger partial charge in [0.1, 0.15) is 12.4 Å². The van der Waals surface area contributed by atoms with Crippen LogP contribution in [0.2, 0.25) is 0 Å². The van der Waals surface area contributed by atoms with Gasteiger partial charge in [-0.25, -0.2) is 0 Å². The van der Waals surface area contributed by atoms with Gasteiger partial charge in [-0.15, -0.1) is 0 Å². The second kappa shape index (κ2) is 9.39. The van der Waals surface area contributed by atoms with Gasteiger partial charge in [0, 0.05) is 12.2 Å². The van der Waals surface area contributed by atoms with Crippen LogP contribution in [0.25, 0.3) is 0 Å². The molecule has 0 spiro atoms. The van der Waals surface area contributed by atoms with E-state index in [4.69, 9.17) is 14.7 Å². The van der Waals surface area contributed by atoms with Gasteiger partial charge in [0.05, 0.1) is 12.3 Å². The first-order valence-electron chi connectivity index (χ1n) is 6.84. The first-order valence-corrected chi connectivity index (χ1v) is 6.84. The Bertz CT molecular complexity index is 391. The highest BCUT2D eigenvalue weighted by Gasteiger charge is 2.08. The molecule has 0 aliphatic carbocycles. The zero-order chi connectivity index (χ0) is 13.9. The van der Waals surface area contributed by atoms with Crippen molar-refractivity contribution in [2.75, 3.05) is 19.8 Å². The molecule has 0 unspecified atom stereocenters. The van der Waals surface area contributed by atoms with Gasteiger partial charge in [-0.3, -0.25) is 0 Å². The lowest BCUT2D eigenvalue weighted by molar-refractivity contribution is 0.0980. The van der Waals surface area contributed by atoms with Gasteiger partial charge in [0.2, 0.25) is 0 Å². The maximum atomic E-state index is 8.98. The first-order chi connectivity index (χ1) is 9.33. The van der Waals surface area contributed by atoms with E-state index >= 15 is 0 Å². The number of benzene rings is 1. The van der Waals surface area contributed by atoms with E-state index in [1.54, 1.807) is 0 Å². The van der Waals surface area contributed by atoms with Crippen LogP contribution in [0, 0.1) is 0 Å². The lowest BCUT2D eigenvalue weighted by Crippen LogP contribution is -2.10. The van der Waals surface area contributed by atoms with Crippen LogP contribution >= 0.6 is 0 Å². The molecule has 0 amide bonds. The number of nitrogens with zero attached hydrogens (tertiary/aromatic N) is 1. The van der Waals surface area contributed by atoms with Gasteiger partial charge < -0.3 is 14.7 Å². The second-order valence-corrected chi connectivity index (χ2v) is 4.21. The zero-order valence-corrected chi connectivity index (χ0v) is 11.8. The van der Waals surface area contributed by atoms with Gasteiger partial charge in [0.25, 0.3) is 0 Å². The van der Waals surface area contributed by atoms with Crippen molar-refractivity contribution in [2.45, 2.75) is 33.1 Å². The molecule has 1 aromatic rings. The summed E-state index contributed by atoms with van der Waals surface area (Å²) in [5.74, 6) is 0.733. The lowest BCUT2D eigenvalue weighted by Gasteiger charge is -2.11. The highest BCUT2D eigenvalue weighted by Crippen LogP contribution is 2.20. The number of hydrogen-bond acceptors (Lipinski definition) is 4. The second-order valence-electron chi connectivity index (χ2n) is 4.21. The molecule has 1 N–H and O–H groups in total. The minimum Gasteiger partial charge on any atom is -0.490 e. The fourth-order valence-electron chi connectivity index (χ4n) is 1.70. The van der Waals surface area contributed by atoms with Crippen LogP contribution in [0.3, 0.4) is 0 Å². The minimum absolute atomic E-state index is 0.503. The van der Waals surface area contributed by atoms with Crippen molar-refractivity contribution in [3.63, 3.8) is 0 Å². The van der Waals surface area contributed by atoms with Crippen molar-refractivity contribution in [3.8, 4) is 5.75 Å². The third-order valence-corrected chi connectivity index (χ3v) is 2.78. The fraction of sp³-hybridized carbons (Fsp3) is 0.533. The van der Waals surface area contributed by atoms with Crippen molar-refractivity contribution in [1.82, 2.24) is 0 Å². The van der Waals surface area contributed by atoms with Crippen molar-refractivity contribution in [1.29, 1.82) is 0 Å². The first kappa shape index (κ1) is 15.5. The summed E-state index contributed by atoms with van der Waals surface area (Å²) in [5, 5.41) is 12.3. The highest BCUT2D eigenvalue weighted by atomic mass is 16.5. The van der Waals surface area contributed by atoms with Crippen molar-refractivity contribution in [3.05, 3.63) is 29.8 Å². The van der Waals surface area contributed by atoms with Gasteiger partial charge in [-0.05, 0) is 25.0 Å². The predicted molar refractivity (Wildman–Crippen MR) is 76.3 cm³/mol. The van der Waals surface area contributed by atoms with Crippen LogP contribution in [0.5, 0.6) is 5.75 Å². The predicted octanol–water partition coefficient (Wildman–Crippen LogP) is 3.47. The Kier molecular flexibility index (Phi) is 7.66. The quantitative estimate of drug-likeness (QED) is 0.322.